The molecule has 15 heteroatoms. The maximum atomic E-state index is 14.1. The van der Waals surface area contributed by atoms with E-state index in [1.165, 1.54) is 19.9 Å². The van der Waals surface area contributed by atoms with Crippen molar-refractivity contribution >= 4 is 64.4 Å². The first-order chi connectivity index (χ1) is 18.2. The fraction of sp³-hybridized carbons (Fsp3) is 0.480. The standard InChI is InChI=1S/C25H24B4ClF2NO6S/c1-11(34)20(35)24(37)18-9-23(27,10-19(24)25(28,29)22(18,2)26)40(38,39)17-7-12(3-5-14(17)30)21(36)33-13-4-6-15(31)16(32)8-13/h3-8,11,18-20,34-35,37H,9-10H2,1-2H3,(H,33,36)/t11?,18-,19-,20?,22?,23-,24+/m1/s1. The smallest absolute Gasteiger partial charge is 0.255 e. The summed E-state index contributed by atoms with van der Waals surface area (Å²) in [5, 5.41) is 31.0. The zero-order chi connectivity index (χ0) is 30.2. The molecule has 0 aromatic heterocycles. The second kappa shape index (κ2) is 9.87. The van der Waals surface area contributed by atoms with Crippen LogP contribution in [-0.4, -0.2) is 83.5 Å². The van der Waals surface area contributed by atoms with Crippen molar-refractivity contribution < 1.29 is 37.3 Å². The van der Waals surface area contributed by atoms with Crippen molar-refractivity contribution in [1.29, 1.82) is 0 Å². The third-order valence-corrected chi connectivity index (χ3v) is 11.3. The van der Waals surface area contributed by atoms with Crippen LogP contribution < -0.4 is 5.32 Å². The summed E-state index contributed by atoms with van der Waals surface area (Å²) < 4.78 is 52.7. The van der Waals surface area contributed by atoms with Gasteiger partial charge in [0, 0.05) is 22.0 Å². The third-order valence-electron chi connectivity index (χ3n) is 8.58. The summed E-state index contributed by atoms with van der Waals surface area (Å²) in [5.74, 6) is -5.85. The molecule has 2 aromatic rings. The summed E-state index contributed by atoms with van der Waals surface area (Å²) in [4.78, 5) is 12.3. The van der Waals surface area contributed by atoms with Crippen LogP contribution >= 0.6 is 11.6 Å². The summed E-state index contributed by atoms with van der Waals surface area (Å²) in [5.41, 5.74) is -2.45. The van der Waals surface area contributed by atoms with Gasteiger partial charge in [-0.3, -0.25) is 4.79 Å². The van der Waals surface area contributed by atoms with Crippen LogP contribution in [0.2, 0.25) is 15.6 Å². The molecule has 1 amide bonds. The summed E-state index contributed by atoms with van der Waals surface area (Å²) in [6.45, 7) is 2.65. The van der Waals surface area contributed by atoms with E-state index in [4.69, 9.17) is 43.0 Å². The number of nitrogens with one attached hydrogen (secondary N) is 1. The van der Waals surface area contributed by atoms with Crippen LogP contribution in [0.4, 0.5) is 14.5 Å². The van der Waals surface area contributed by atoms with Gasteiger partial charge >= 0.3 is 0 Å². The molecule has 0 aliphatic heterocycles. The van der Waals surface area contributed by atoms with Gasteiger partial charge in [0.1, 0.15) is 6.10 Å². The van der Waals surface area contributed by atoms with E-state index >= 15 is 0 Å². The molecule has 0 spiro atoms. The minimum Gasteiger partial charge on any atom is -0.391 e. The van der Waals surface area contributed by atoms with Crippen LogP contribution in [0.1, 0.15) is 37.0 Å². The molecule has 40 heavy (non-hydrogen) atoms. The highest BCUT2D eigenvalue weighted by atomic mass is 35.5. The van der Waals surface area contributed by atoms with E-state index < -0.39 is 89.9 Å². The number of anilines is 1. The van der Waals surface area contributed by atoms with Crippen molar-refractivity contribution in [3.05, 3.63) is 58.6 Å². The molecule has 2 saturated carbocycles. The lowest BCUT2D eigenvalue weighted by molar-refractivity contribution is -0.176. The van der Waals surface area contributed by atoms with Gasteiger partial charge < -0.3 is 20.6 Å². The summed E-state index contributed by atoms with van der Waals surface area (Å²) in [6.07, 6.45) is -4.33. The molecule has 4 N–H and O–H groups in total. The van der Waals surface area contributed by atoms with Gasteiger partial charge in [0.2, 0.25) is 0 Å². The lowest BCUT2D eigenvalue weighted by Gasteiger charge is -2.52. The maximum Gasteiger partial charge on any atom is 0.255 e. The highest BCUT2D eigenvalue weighted by Crippen LogP contribution is 2.75. The lowest BCUT2D eigenvalue weighted by Crippen LogP contribution is -2.63. The zero-order valence-electron chi connectivity index (χ0n) is 21.6. The minimum absolute atomic E-state index is 0.0807. The molecular weight excluding hydrogens is 559 g/mol. The Labute approximate surface area is 241 Å². The molecule has 2 fully saturated rings. The minimum atomic E-state index is -4.62. The first kappa shape index (κ1) is 31.1. The normalized spacial score (nSPS) is 32.8. The van der Waals surface area contributed by atoms with Crippen LogP contribution in [-0.2, 0) is 9.84 Å². The van der Waals surface area contributed by atoms with E-state index in [1.54, 1.807) is 0 Å². The second-order valence-electron chi connectivity index (χ2n) is 11.1. The Hall–Kier alpha value is -1.85. The Morgan fingerprint density at radius 3 is 2.20 bits per heavy atom. The van der Waals surface area contributed by atoms with Crippen LogP contribution in [0.5, 0.6) is 0 Å². The Morgan fingerprint density at radius 2 is 1.65 bits per heavy atom. The molecule has 2 aliphatic carbocycles. The molecule has 4 rings (SSSR count). The molecule has 204 valence electrons. The van der Waals surface area contributed by atoms with Crippen molar-refractivity contribution in [3.63, 3.8) is 0 Å². The number of sulfone groups is 1. The van der Waals surface area contributed by atoms with Gasteiger partial charge in [-0.15, -0.1) is 0 Å². The third kappa shape index (κ3) is 4.45. The van der Waals surface area contributed by atoms with Crippen molar-refractivity contribution in [2.24, 2.45) is 11.8 Å². The van der Waals surface area contributed by atoms with Gasteiger partial charge in [-0.1, -0.05) is 29.1 Å². The number of carbonyl (C=O) groups is 1. The number of carbonyl (C=O) groups excluding carboxylic acids is 1. The van der Waals surface area contributed by atoms with E-state index in [-0.39, 0.29) is 16.3 Å². The Balaban J connectivity index is 1.74. The Morgan fingerprint density at radius 1 is 1.05 bits per heavy atom. The van der Waals surface area contributed by atoms with E-state index in [9.17, 15) is 37.3 Å². The first-order valence-corrected chi connectivity index (χ1v) is 14.1. The number of rotatable bonds is 6. The van der Waals surface area contributed by atoms with Gasteiger partial charge in [0.05, 0.1) is 53.0 Å². The van der Waals surface area contributed by atoms with Crippen molar-refractivity contribution in [1.82, 2.24) is 0 Å². The number of hydrogen-bond donors (Lipinski definition) is 4. The number of amides is 1. The van der Waals surface area contributed by atoms with Crippen molar-refractivity contribution in [3.8, 4) is 0 Å². The number of hydrogen-bond acceptors (Lipinski definition) is 6. The van der Waals surface area contributed by atoms with E-state index in [1.807, 2.05) is 0 Å². The topological polar surface area (TPSA) is 124 Å². The van der Waals surface area contributed by atoms with Gasteiger partial charge in [-0.2, -0.15) is 0 Å². The van der Waals surface area contributed by atoms with Crippen LogP contribution in [0.25, 0.3) is 0 Å². The highest BCUT2D eigenvalue weighted by Gasteiger charge is 2.73. The molecule has 8 radical (unpaired) electrons. The van der Waals surface area contributed by atoms with Crippen LogP contribution in [0.15, 0.2) is 41.3 Å². The van der Waals surface area contributed by atoms with Gasteiger partial charge in [0.25, 0.3) is 5.91 Å². The number of aliphatic hydroxyl groups excluding tert-OH is 2. The Bertz CT molecular complexity index is 1450. The summed E-state index contributed by atoms with van der Waals surface area (Å²) in [6, 6.07) is 6.06. The van der Waals surface area contributed by atoms with Crippen molar-refractivity contribution in [2.75, 3.05) is 5.32 Å². The van der Waals surface area contributed by atoms with Crippen molar-refractivity contribution in [2.45, 2.75) is 64.6 Å². The number of fused-ring (bicyclic) bond motifs is 2. The molecule has 0 saturated heterocycles. The van der Waals surface area contributed by atoms with Crippen LogP contribution in [0, 0.1) is 23.5 Å². The number of halogens is 3. The Kier molecular flexibility index (Phi) is 7.67. The maximum absolute atomic E-state index is 14.1. The van der Waals surface area contributed by atoms with Gasteiger partial charge in [-0.05, 0) is 61.9 Å². The monoisotopic (exact) mass is 583 g/mol. The summed E-state index contributed by atoms with van der Waals surface area (Å²) in [7, 11) is 21.1. The van der Waals surface area contributed by atoms with E-state index in [0.717, 1.165) is 30.3 Å². The molecule has 7 nitrogen and oxygen atoms in total. The van der Waals surface area contributed by atoms with Crippen LogP contribution in [0.3, 0.4) is 0 Å². The SMILES string of the molecule is [B]C1([B])[C@@H]2C[C@]([B])(S(=O)(=O)c3cc(C(=O)Nc4ccc(F)c(F)c4)ccc3Cl)C[C@H](C1([B])C)[C@@]2(O)C(O)C(C)O. The van der Waals surface area contributed by atoms with Gasteiger partial charge in [0.15, 0.2) is 21.5 Å². The predicted molar refractivity (Wildman–Crippen MR) is 149 cm³/mol. The summed E-state index contributed by atoms with van der Waals surface area (Å²) >= 11 is 6.26. The fourth-order valence-electron chi connectivity index (χ4n) is 6.13. The molecule has 2 aliphatic rings. The second-order valence-corrected chi connectivity index (χ2v) is 13.8. The average Bonchev–Trinajstić information content (AvgIpc) is 2.91. The first-order valence-electron chi connectivity index (χ1n) is 12.3. The number of benzene rings is 2. The quantitative estimate of drug-likeness (QED) is 0.385. The average molecular weight is 583 g/mol. The lowest BCUT2D eigenvalue weighted by atomic mass is 9.35. The molecule has 2 aromatic carbocycles. The molecule has 3 unspecified atom stereocenters. The number of aliphatic hydroxyl groups is 3. The highest BCUT2D eigenvalue weighted by molar-refractivity contribution is 7.94. The molecule has 2 bridgehead atoms. The zero-order valence-corrected chi connectivity index (χ0v) is 23.2. The molecular formula is C25H24B4ClF2NO6S. The molecule has 0 heterocycles. The fourth-order valence-corrected chi connectivity index (χ4v) is 8.37. The largest absolute Gasteiger partial charge is 0.391 e. The van der Waals surface area contributed by atoms with E-state index in [2.05, 4.69) is 5.32 Å². The van der Waals surface area contributed by atoms with E-state index in [0.29, 0.717) is 0 Å². The van der Waals surface area contributed by atoms with Gasteiger partial charge in [-0.25, -0.2) is 17.2 Å². The predicted octanol–water partition coefficient (Wildman–Crippen LogP) is 1.82. The molecule has 7 atom stereocenters.